The van der Waals surface area contributed by atoms with Crippen LogP contribution in [0.25, 0.3) is 0 Å². The molecule has 0 spiro atoms. The van der Waals surface area contributed by atoms with Crippen molar-refractivity contribution < 1.29 is 32.9 Å². The number of phosphoric acid groups is 1. The second-order valence-electron chi connectivity index (χ2n) is 22.1. The van der Waals surface area contributed by atoms with E-state index in [9.17, 15) is 19.4 Å². The second-order valence-corrected chi connectivity index (χ2v) is 23.5. The van der Waals surface area contributed by atoms with Crippen LogP contribution in [0.5, 0.6) is 0 Å². The fraction of sp³-hybridized carbons (Fsp3) is 0.855. The highest BCUT2D eigenvalue weighted by atomic mass is 31.2. The smallest absolute Gasteiger partial charge is 0.391 e. The Labute approximate surface area is 441 Å². The first kappa shape index (κ1) is 69.5. The van der Waals surface area contributed by atoms with E-state index >= 15 is 0 Å². The maximum atomic E-state index is 13.0. The maximum Gasteiger partial charge on any atom is 0.472 e. The van der Waals surface area contributed by atoms with Crippen LogP contribution in [0.3, 0.4) is 0 Å². The average molecular weight is 1020 g/mol. The second kappa shape index (κ2) is 53.3. The summed E-state index contributed by atoms with van der Waals surface area (Å²) in [5.74, 6) is -0.142. The van der Waals surface area contributed by atoms with Crippen LogP contribution in [0.1, 0.15) is 290 Å². The molecule has 0 saturated heterocycles. The van der Waals surface area contributed by atoms with Crippen LogP contribution < -0.4 is 5.32 Å². The summed E-state index contributed by atoms with van der Waals surface area (Å²) in [5.41, 5.74) is 0. The van der Waals surface area contributed by atoms with Crippen LogP contribution in [-0.2, 0) is 18.4 Å². The zero-order valence-corrected chi connectivity index (χ0v) is 48.6. The van der Waals surface area contributed by atoms with Gasteiger partial charge in [-0.2, -0.15) is 0 Å². The Balaban J connectivity index is 4.12. The normalized spacial score (nSPS) is 14.2. The molecule has 0 aromatic heterocycles. The van der Waals surface area contributed by atoms with Gasteiger partial charge in [-0.1, -0.05) is 281 Å². The molecule has 0 aromatic carbocycles. The number of quaternary nitrogens is 1. The number of unbranched alkanes of at least 4 members (excludes halogenated alkanes) is 35. The van der Waals surface area contributed by atoms with E-state index in [-0.39, 0.29) is 19.1 Å². The predicted octanol–water partition coefficient (Wildman–Crippen LogP) is 18.7. The van der Waals surface area contributed by atoms with E-state index in [0.717, 1.165) is 64.2 Å². The maximum absolute atomic E-state index is 13.0. The number of nitrogens with one attached hydrogen (secondary N) is 1. The van der Waals surface area contributed by atoms with Crippen molar-refractivity contribution in [2.75, 3.05) is 40.9 Å². The molecule has 1 amide bonds. The first-order valence-corrected chi connectivity index (χ1v) is 32.0. The fourth-order valence-electron chi connectivity index (χ4n) is 9.10. The van der Waals surface area contributed by atoms with Crippen molar-refractivity contribution in [3.8, 4) is 0 Å². The van der Waals surface area contributed by atoms with E-state index in [1.165, 1.54) is 199 Å². The molecule has 0 saturated carbocycles. The number of carbonyl (C=O) groups excluding carboxylic acids is 1. The lowest BCUT2D eigenvalue weighted by atomic mass is 10.0. The number of aliphatic hydroxyl groups is 1. The quantitative estimate of drug-likeness (QED) is 0.0243. The van der Waals surface area contributed by atoms with Crippen LogP contribution in [0.4, 0.5) is 0 Å². The lowest BCUT2D eigenvalue weighted by Crippen LogP contribution is -2.46. The molecule has 0 aliphatic carbocycles. The monoisotopic (exact) mass is 1020 g/mol. The largest absolute Gasteiger partial charge is 0.472 e. The molecule has 3 N–H and O–H groups in total. The average Bonchev–Trinajstić information content (AvgIpc) is 3.33. The molecule has 0 rings (SSSR count). The summed E-state index contributed by atoms with van der Waals surface area (Å²) in [6.07, 6.45) is 70.3. The molecular weight excluding hydrogens is 900 g/mol. The van der Waals surface area contributed by atoms with Crippen molar-refractivity contribution in [2.24, 2.45) is 0 Å². The van der Waals surface area contributed by atoms with E-state index in [4.69, 9.17) is 9.05 Å². The number of likely N-dealkylation sites (N-methyl/N-ethyl adjacent to an activating group) is 1. The highest BCUT2D eigenvalue weighted by Gasteiger charge is 2.28. The van der Waals surface area contributed by atoms with Gasteiger partial charge >= 0.3 is 7.82 Å². The van der Waals surface area contributed by atoms with Crippen LogP contribution in [0.15, 0.2) is 48.6 Å². The lowest BCUT2D eigenvalue weighted by molar-refractivity contribution is -0.870. The van der Waals surface area contributed by atoms with E-state index < -0.39 is 20.0 Å². The number of hydrogen-bond donors (Lipinski definition) is 3. The number of aliphatic hydroxyl groups excluding tert-OH is 1. The molecule has 0 bridgehead atoms. The van der Waals surface area contributed by atoms with Crippen LogP contribution in [-0.4, -0.2) is 73.4 Å². The molecule has 3 atom stereocenters. The van der Waals surface area contributed by atoms with E-state index in [2.05, 4.69) is 67.8 Å². The van der Waals surface area contributed by atoms with Gasteiger partial charge in [-0.25, -0.2) is 4.57 Å². The van der Waals surface area contributed by atoms with E-state index in [1.807, 2.05) is 21.1 Å². The third-order valence-corrected chi connectivity index (χ3v) is 14.8. The minimum absolute atomic E-state index is 0.0747. The summed E-state index contributed by atoms with van der Waals surface area (Å²) in [7, 11) is 1.62. The molecule has 3 unspecified atom stereocenters. The molecule has 0 heterocycles. The van der Waals surface area contributed by atoms with E-state index in [0.29, 0.717) is 23.9 Å². The van der Waals surface area contributed by atoms with Crippen molar-refractivity contribution in [1.82, 2.24) is 5.32 Å². The Morgan fingerprint density at radius 3 is 1.24 bits per heavy atom. The minimum Gasteiger partial charge on any atom is -0.391 e. The predicted molar refractivity (Wildman–Crippen MR) is 309 cm³/mol. The van der Waals surface area contributed by atoms with Gasteiger partial charge in [0, 0.05) is 6.42 Å². The zero-order valence-electron chi connectivity index (χ0n) is 47.7. The van der Waals surface area contributed by atoms with Crippen LogP contribution in [0, 0.1) is 0 Å². The molecule has 71 heavy (non-hydrogen) atoms. The third kappa shape index (κ3) is 56.0. The first-order valence-electron chi connectivity index (χ1n) is 30.5. The topological polar surface area (TPSA) is 105 Å². The van der Waals surface area contributed by atoms with Gasteiger partial charge in [-0.05, 0) is 51.4 Å². The molecule has 0 fully saturated rings. The van der Waals surface area contributed by atoms with Crippen LogP contribution >= 0.6 is 7.82 Å². The Hall–Kier alpha value is -1.54. The summed E-state index contributed by atoms with van der Waals surface area (Å²) < 4.78 is 23.8. The van der Waals surface area contributed by atoms with Gasteiger partial charge in [0.2, 0.25) is 5.91 Å². The highest BCUT2D eigenvalue weighted by molar-refractivity contribution is 7.47. The van der Waals surface area contributed by atoms with E-state index in [1.54, 1.807) is 0 Å². The summed E-state index contributed by atoms with van der Waals surface area (Å²) in [6, 6.07) is -0.763. The molecule has 418 valence electrons. The molecule has 0 aliphatic rings. The van der Waals surface area contributed by atoms with Crippen LogP contribution in [0.2, 0.25) is 0 Å². The Morgan fingerprint density at radius 1 is 0.493 bits per heavy atom. The zero-order chi connectivity index (χ0) is 52.0. The van der Waals surface area contributed by atoms with Gasteiger partial charge in [0.25, 0.3) is 0 Å². The number of phosphoric ester groups is 1. The number of nitrogens with zero attached hydrogens (tertiary/aromatic N) is 1. The number of hydrogen-bond acceptors (Lipinski definition) is 5. The Kier molecular flexibility index (Phi) is 52.1. The molecule has 9 heteroatoms. The standard InChI is InChI=1S/C62H119N2O6P/c1-6-8-10-12-14-16-18-20-22-24-26-28-30-31-32-33-34-36-38-40-42-44-46-48-50-52-54-56-62(66)63-60(59-70-71(67,68)69-58-57-64(3,4)5)61(65)55-53-51-49-47-45-43-41-39-37-35-29-27-25-23-21-19-17-15-13-11-9-7-2/h8,10,14,16,20,22,26,28,60-61,65H,6-7,9,11-13,15,17-19,21,23-25,27,29-59H2,1-5H3,(H-,63,66,67,68)/p+1/b10-8-,16-14-,22-20-,28-26-. The van der Waals surface area contributed by atoms with Gasteiger partial charge < -0.3 is 19.8 Å². The van der Waals surface area contributed by atoms with Gasteiger partial charge in [0.15, 0.2) is 0 Å². The number of carbonyl (C=O) groups is 1. The number of amides is 1. The number of allylic oxidation sites excluding steroid dienone is 8. The number of rotatable bonds is 56. The highest BCUT2D eigenvalue weighted by Crippen LogP contribution is 2.43. The van der Waals surface area contributed by atoms with Crippen molar-refractivity contribution in [2.45, 2.75) is 302 Å². The van der Waals surface area contributed by atoms with Crippen molar-refractivity contribution in [1.29, 1.82) is 0 Å². The summed E-state index contributed by atoms with van der Waals surface area (Å²) in [6.45, 7) is 4.81. The van der Waals surface area contributed by atoms with Crippen molar-refractivity contribution in [3.63, 3.8) is 0 Å². The Bertz CT molecular complexity index is 1290. The summed E-state index contributed by atoms with van der Waals surface area (Å²) in [4.78, 5) is 23.4. The first-order chi connectivity index (χ1) is 34.5. The molecule has 0 radical (unpaired) electrons. The fourth-order valence-corrected chi connectivity index (χ4v) is 9.84. The summed E-state index contributed by atoms with van der Waals surface area (Å²) in [5, 5.41) is 14.1. The molecule has 0 aliphatic heterocycles. The summed E-state index contributed by atoms with van der Waals surface area (Å²) >= 11 is 0. The molecule has 8 nitrogen and oxygen atoms in total. The molecule has 0 aromatic rings. The van der Waals surface area contributed by atoms with Crippen molar-refractivity contribution >= 4 is 13.7 Å². The van der Waals surface area contributed by atoms with Gasteiger partial charge in [0.05, 0.1) is 39.9 Å². The van der Waals surface area contributed by atoms with Crippen molar-refractivity contribution in [3.05, 3.63) is 48.6 Å². The van der Waals surface area contributed by atoms with Gasteiger partial charge in [-0.15, -0.1) is 0 Å². The third-order valence-electron chi connectivity index (χ3n) is 13.8. The van der Waals surface area contributed by atoms with Gasteiger partial charge in [0.1, 0.15) is 13.2 Å². The Morgan fingerprint density at radius 2 is 0.845 bits per heavy atom. The minimum atomic E-state index is -4.33. The SMILES string of the molecule is CC/C=C\C/C=C\C/C=C\C/C=C\CCCCCCCCCCCCCCCCC(=O)NC(COP(=O)(O)OCC[N+](C)(C)C)C(O)CCCCCCCCCCCCCCCCCCCCCCCC. The lowest BCUT2D eigenvalue weighted by Gasteiger charge is -2.26. The van der Waals surface area contributed by atoms with Gasteiger partial charge in [-0.3, -0.25) is 13.8 Å². The molecular formula is C62H120N2O6P+.